The summed E-state index contributed by atoms with van der Waals surface area (Å²) in [5, 5.41) is 0. The van der Waals surface area contributed by atoms with E-state index in [-0.39, 0.29) is 36.1 Å². The molecule has 1 aliphatic carbocycles. The van der Waals surface area contributed by atoms with Crippen LogP contribution in [0.3, 0.4) is 0 Å². The normalized spacial score (nSPS) is 20.6. The molecule has 2 aliphatic heterocycles. The van der Waals surface area contributed by atoms with Crippen LogP contribution in [-0.4, -0.2) is 34.7 Å². The molecule has 0 bridgehead atoms. The highest BCUT2D eigenvalue weighted by molar-refractivity contribution is 6.10. The molecule has 4 aromatic rings. The van der Waals surface area contributed by atoms with Crippen LogP contribution in [0.4, 0.5) is 5.69 Å². The number of amides is 3. The Hall–Kier alpha value is -4.77. The summed E-state index contributed by atoms with van der Waals surface area (Å²) in [5.41, 5.74) is 5.85. The lowest BCUT2D eigenvalue weighted by molar-refractivity contribution is -0.143. The summed E-state index contributed by atoms with van der Waals surface area (Å²) < 4.78 is 0. The standard InChI is InChI=1S/C41H40N2O3/c1-28-26-40(2,3)43(37(44)27-42-38(45)34-21-13-14-22-35(34)39(42)46)36-25-32(23-24-33(28)36)41(29-15-7-4-8-16-29,30-17-9-5-10-18-30)31-19-11-6-12-20-31/h4-12,15-20,23-26,34-35H,13-14,21-22,27H2,1-3H3/t34-,35+. The van der Waals surface area contributed by atoms with Crippen molar-refractivity contribution in [3.05, 3.63) is 143 Å². The second kappa shape index (κ2) is 11.5. The van der Waals surface area contributed by atoms with Gasteiger partial charge in [-0.2, -0.15) is 0 Å². The minimum Gasteiger partial charge on any atom is -0.301 e. The molecule has 1 saturated carbocycles. The lowest BCUT2D eigenvalue weighted by Gasteiger charge is -2.43. The van der Waals surface area contributed by atoms with Gasteiger partial charge in [-0.1, -0.05) is 122 Å². The summed E-state index contributed by atoms with van der Waals surface area (Å²) in [6.07, 6.45) is 5.47. The fraction of sp³-hybridized carbons (Fsp3) is 0.293. The van der Waals surface area contributed by atoms with Gasteiger partial charge in [-0.15, -0.1) is 0 Å². The minimum absolute atomic E-state index is 0.185. The van der Waals surface area contributed by atoms with Gasteiger partial charge in [0.2, 0.25) is 17.7 Å². The molecule has 2 heterocycles. The van der Waals surface area contributed by atoms with Crippen molar-refractivity contribution < 1.29 is 14.4 Å². The lowest BCUT2D eigenvalue weighted by Crippen LogP contribution is -2.53. The van der Waals surface area contributed by atoms with E-state index in [1.165, 1.54) is 4.90 Å². The summed E-state index contributed by atoms with van der Waals surface area (Å²) in [7, 11) is 0. The topological polar surface area (TPSA) is 57.7 Å². The van der Waals surface area contributed by atoms with Crippen molar-refractivity contribution in [2.24, 2.45) is 11.8 Å². The fourth-order valence-electron chi connectivity index (χ4n) is 8.38. The number of hydrogen-bond acceptors (Lipinski definition) is 3. The quantitative estimate of drug-likeness (QED) is 0.166. The SMILES string of the molecule is CC1=CC(C)(C)N(C(=O)CN2C(=O)[C@H]3CCCC[C@H]3C2=O)c2cc(C(c3ccccc3)(c3ccccc3)c3ccccc3)ccc21. The van der Waals surface area contributed by atoms with Gasteiger partial charge in [0.05, 0.1) is 28.5 Å². The predicted octanol–water partition coefficient (Wildman–Crippen LogP) is 7.77. The number of allylic oxidation sites excluding steroid dienone is 1. The van der Waals surface area contributed by atoms with Gasteiger partial charge < -0.3 is 4.90 Å². The molecule has 232 valence electrons. The number of carbonyl (C=O) groups excluding carboxylic acids is 3. The molecule has 5 nitrogen and oxygen atoms in total. The highest BCUT2D eigenvalue weighted by atomic mass is 16.2. The molecule has 0 N–H and O–H groups in total. The van der Waals surface area contributed by atoms with Crippen LogP contribution in [0.2, 0.25) is 0 Å². The molecular weight excluding hydrogens is 568 g/mol. The molecule has 0 unspecified atom stereocenters. The van der Waals surface area contributed by atoms with Gasteiger partial charge in [-0.3, -0.25) is 19.3 Å². The fourth-order valence-corrected chi connectivity index (χ4v) is 8.38. The molecule has 1 saturated heterocycles. The number of nitrogens with zero attached hydrogens (tertiary/aromatic N) is 2. The molecule has 46 heavy (non-hydrogen) atoms. The molecule has 0 spiro atoms. The molecular formula is C41H40N2O3. The van der Waals surface area contributed by atoms with Crippen LogP contribution in [0.5, 0.6) is 0 Å². The van der Waals surface area contributed by atoms with Crippen molar-refractivity contribution >= 4 is 29.0 Å². The second-order valence-corrected chi connectivity index (χ2v) is 13.6. The maximum Gasteiger partial charge on any atom is 0.247 e. The summed E-state index contributed by atoms with van der Waals surface area (Å²) in [6.45, 7) is 5.89. The summed E-state index contributed by atoms with van der Waals surface area (Å²) in [6, 6.07) is 38.0. The van der Waals surface area contributed by atoms with E-state index in [9.17, 15) is 14.4 Å². The Morgan fingerprint density at radius 3 is 1.67 bits per heavy atom. The molecule has 2 fully saturated rings. The Morgan fingerprint density at radius 1 is 0.717 bits per heavy atom. The number of carbonyl (C=O) groups is 3. The zero-order valence-corrected chi connectivity index (χ0v) is 26.8. The third kappa shape index (κ3) is 4.72. The average Bonchev–Trinajstić information content (AvgIpc) is 3.31. The highest BCUT2D eigenvalue weighted by Crippen LogP contribution is 2.48. The van der Waals surface area contributed by atoms with Gasteiger partial charge >= 0.3 is 0 Å². The van der Waals surface area contributed by atoms with E-state index in [1.807, 2.05) is 36.9 Å². The monoisotopic (exact) mass is 608 g/mol. The van der Waals surface area contributed by atoms with E-state index < -0.39 is 11.0 Å². The molecule has 0 aromatic heterocycles. The molecule has 4 aromatic carbocycles. The van der Waals surface area contributed by atoms with Crippen molar-refractivity contribution in [1.82, 2.24) is 4.90 Å². The first-order valence-electron chi connectivity index (χ1n) is 16.4. The Morgan fingerprint density at radius 2 is 1.20 bits per heavy atom. The van der Waals surface area contributed by atoms with E-state index in [2.05, 4.69) is 104 Å². The number of rotatable bonds is 6. The van der Waals surface area contributed by atoms with E-state index in [0.717, 1.165) is 64.8 Å². The Balaban J connectivity index is 1.40. The number of fused-ring (bicyclic) bond motifs is 2. The Labute approximate surface area is 271 Å². The van der Waals surface area contributed by atoms with Crippen LogP contribution < -0.4 is 4.90 Å². The van der Waals surface area contributed by atoms with Gasteiger partial charge in [-0.25, -0.2) is 0 Å². The first-order chi connectivity index (χ1) is 22.2. The number of likely N-dealkylation sites (tertiary alicyclic amines) is 1. The van der Waals surface area contributed by atoms with Crippen LogP contribution in [0.25, 0.3) is 5.57 Å². The summed E-state index contributed by atoms with van der Waals surface area (Å²) >= 11 is 0. The van der Waals surface area contributed by atoms with Crippen molar-refractivity contribution in [2.75, 3.05) is 11.4 Å². The number of imide groups is 1. The van der Waals surface area contributed by atoms with Crippen molar-refractivity contribution in [1.29, 1.82) is 0 Å². The van der Waals surface area contributed by atoms with Crippen molar-refractivity contribution in [2.45, 2.75) is 57.4 Å². The van der Waals surface area contributed by atoms with Crippen molar-refractivity contribution in [3.8, 4) is 0 Å². The summed E-state index contributed by atoms with van der Waals surface area (Å²) in [4.78, 5) is 44.3. The predicted molar refractivity (Wildman–Crippen MR) is 182 cm³/mol. The van der Waals surface area contributed by atoms with Gasteiger partial charge in [0.25, 0.3) is 0 Å². The first kappa shape index (κ1) is 29.9. The minimum atomic E-state index is -0.680. The Kier molecular flexibility index (Phi) is 7.51. The molecule has 0 radical (unpaired) electrons. The smallest absolute Gasteiger partial charge is 0.247 e. The summed E-state index contributed by atoms with van der Waals surface area (Å²) in [5.74, 6) is -1.19. The van der Waals surface area contributed by atoms with Gasteiger partial charge in [0.15, 0.2) is 0 Å². The van der Waals surface area contributed by atoms with Gasteiger partial charge in [-0.05, 0) is 67.5 Å². The number of hydrogen-bond donors (Lipinski definition) is 0. The molecule has 5 heteroatoms. The molecule has 2 atom stereocenters. The maximum atomic E-state index is 14.5. The van der Waals surface area contributed by atoms with E-state index in [4.69, 9.17) is 0 Å². The van der Waals surface area contributed by atoms with Gasteiger partial charge in [0, 0.05) is 5.56 Å². The molecule has 7 rings (SSSR count). The zero-order valence-electron chi connectivity index (χ0n) is 26.8. The molecule has 3 amide bonds. The Bertz CT molecular complexity index is 1710. The van der Waals surface area contributed by atoms with Crippen molar-refractivity contribution in [3.63, 3.8) is 0 Å². The van der Waals surface area contributed by atoms with Crippen LogP contribution in [0, 0.1) is 11.8 Å². The maximum absolute atomic E-state index is 14.5. The second-order valence-electron chi connectivity index (χ2n) is 13.6. The lowest BCUT2D eigenvalue weighted by atomic mass is 9.64. The third-order valence-electron chi connectivity index (χ3n) is 10.3. The van der Waals surface area contributed by atoms with E-state index in [1.54, 1.807) is 0 Å². The first-order valence-corrected chi connectivity index (χ1v) is 16.4. The van der Waals surface area contributed by atoms with Gasteiger partial charge in [0.1, 0.15) is 6.54 Å². The third-order valence-corrected chi connectivity index (χ3v) is 10.3. The number of benzene rings is 4. The number of anilines is 1. The van der Waals surface area contributed by atoms with Crippen LogP contribution in [-0.2, 0) is 19.8 Å². The molecule has 3 aliphatic rings. The van der Waals surface area contributed by atoms with E-state index >= 15 is 0 Å². The largest absolute Gasteiger partial charge is 0.301 e. The van der Waals surface area contributed by atoms with Crippen LogP contribution >= 0.6 is 0 Å². The zero-order chi connectivity index (χ0) is 32.1. The van der Waals surface area contributed by atoms with Crippen LogP contribution in [0.1, 0.15) is 74.3 Å². The van der Waals surface area contributed by atoms with Crippen LogP contribution in [0.15, 0.2) is 115 Å². The van der Waals surface area contributed by atoms with E-state index in [0.29, 0.717) is 0 Å². The average molecular weight is 609 g/mol. The highest BCUT2D eigenvalue weighted by Gasteiger charge is 2.50.